The number of nitrogens with one attached hydrogen (secondary N) is 1. The zero-order valence-corrected chi connectivity index (χ0v) is 13.2. The fourth-order valence-corrected chi connectivity index (χ4v) is 3.48. The van der Waals surface area contributed by atoms with Crippen LogP contribution in [-0.2, 0) is 11.8 Å². The fourth-order valence-electron chi connectivity index (χ4n) is 3.14. The maximum Gasteiger partial charge on any atom is 0.122 e. The van der Waals surface area contributed by atoms with Gasteiger partial charge in [-0.15, -0.1) is 0 Å². The van der Waals surface area contributed by atoms with Crippen molar-refractivity contribution in [2.45, 2.75) is 18.8 Å². The van der Waals surface area contributed by atoms with E-state index in [2.05, 4.69) is 42.6 Å². The minimum absolute atomic E-state index is 0.0689. The number of hydrogen-bond donors (Lipinski definition) is 1. The summed E-state index contributed by atoms with van der Waals surface area (Å²) >= 11 is 6.43. The van der Waals surface area contributed by atoms with E-state index in [1.54, 1.807) is 7.11 Å². The highest BCUT2D eigenvalue weighted by atomic mass is 35.5. The molecule has 1 N–H and O–H groups in total. The first kappa shape index (κ1) is 14.4. The molecule has 0 radical (unpaired) electrons. The highest BCUT2D eigenvalue weighted by molar-refractivity contribution is 6.31. The van der Waals surface area contributed by atoms with Crippen LogP contribution in [0.1, 0.15) is 16.7 Å². The molecule has 0 aliphatic carbocycles. The van der Waals surface area contributed by atoms with E-state index in [9.17, 15) is 0 Å². The van der Waals surface area contributed by atoms with Crippen molar-refractivity contribution in [3.63, 3.8) is 0 Å². The van der Waals surface area contributed by atoms with Gasteiger partial charge in [-0.25, -0.2) is 0 Å². The summed E-state index contributed by atoms with van der Waals surface area (Å²) in [5, 5.41) is 4.25. The maximum atomic E-state index is 6.43. The Hall–Kier alpha value is -1.51. The topological polar surface area (TPSA) is 21.3 Å². The molecule has 21 heavy (non-hydrogen) atoms. The number of hydrogen-bond acceptors (Lipinski definition) is 2. The Morgan fingerprint density at radius 1 is 1.19 bits per heavy atom. The van der Waals surface area contributed by atoms with Crippen LogP contribution in [0.4, 0.5) is 0 Å². The lowest BCUT2D eigenvalue weighted by molar-refractivity contribution is 0.271. The molecule has 0 aromatic heterocycles. The molecule has 1 aliphatic rings. The van der Waals surface area contributed by atoms with Crippen molar-refractivity contribution in [2.24, 2.45) is 0 Å². The molecule has 1 fully saturated rings. The van der Waals surface area contributed by atoms with Gasteiger partial charge in [-0.1, -0.05) is 47.5 Å². The van der Waals surface area contributed by atoms with Crippen LogP contribution >= 0.6 is 11.6 Å². The summed E-state index contributed by atoms with van der Waals surface area (Å²) in [7, 11) is 1.73. The van der Waals surface area contributed by atoms with Gasteiger partial charge < -0.3 is 10.1 Å². The van der Waals surface area contributed by atoms with Gasteiger partial charge in [0, 0.05) is 23.5 Å². The van der Waals surface area contributed by atoms with Crippen molar-refractivity contribution >= 4 is 11.6 Å². The predicted octanol–water partition coefficient (Wildman–Crippen LogP) is 3.74. The predicted molar refractivity (Wildman–Crippen MR) is 87.4 cm³/mol. The van der Waals surface area contributed by atoms with E-state index < -0.39 is 0 Å². The largest absolute Gasteiger partial charge is 0.496 e. The standard InChI is InChI=1S/C18H20ClNO/c1-13-7-8-17(21-2)14(9-13)10-18(11-20-12-18)15-5-3-4-6-16(15)19/h3-9,20H,10-12H2,1-2H3. The first-order valence-electron chi connectivity index (χ1n) is 7.24. The second-order valence-electron chi connectivity index (χ2n) is 5.86. The van der Waals surface area contributed by atoms with Crippen LogP contribution in [0.2, 0.25) is 5.02 Å². The van der Waals surface area contributed by atoms with Crippen LogP contribution in [0.25, 0.3) is 0 Å². The summed E-state index contributed by atoms with van der Waals surface area (Å²) in [5.41, 5.74) is 3.81. The molecule has 1 heterocycles. The van der Waals surface area contributed by atoms with Crippen LogP contribution in [0.3, 0.4) is 0 Å². The van der Waals surface area contributed by atoms with Gasteiger partial charge in [-0.2, -0.15) is 0 Å². The van der Waals surface area contributed by atoms with Crippen molar-refractivity contribution in [1.82, 2.24) is 5.32 Å². The summed E-state index contributed by atoms with van der Waals surface area (Å²) in [6, 6.07) is 14.5. The van der Waals surface area contributed by atoms with Crippen LogP contribution < -0.4 is 10.1 Å². The van der Waals surface area contributed by atoms with Crippen LogP contribution in [0.5, 0.6) is 5.75 Å². The molecule has 1 aliphatic heterocycles. The summed E-state index contributed by atoms with van der Waals surface area (Å²) in [6.07, 6.45) is 0.939. The molecule has 0 saturated carbocycles. The van der Waals surface area contributed by atoms with Gasteiger partial charge in [-0.05, 0) is 36.6 Å². The molecule has 110 valence electrons. The maximum absolute atomic E-state index is 6.43. The molecule has 3 rings (SSSR count). The molecule has 0 amide bonds. The Balaban J connectivity index is 1.99. The Labute approximate surface area is 131 Å². The van der Waals surface area contributed by atoms with Crippen LogP contribution in [-0.4, -0.2) is 20.2 Å². The van der Waals surface area contributed by atoms with Crippen molar-refractivity contribution in [3.05, 3.63) is 64.2 Å². The summed E-state index contributed by atoms with van der Waals surface area (Å²) in [4.78, 5) is 0. The Bertz CT molecular complexity index is 649. The van der Waals surface area contributed by atoms with E-state index in [1.807, 2.05) is 12.1 Å². The van der Waals surface area contributed by atoms with Crippen molar-refractivity contribution in [2.75, 3.05) is 20.2 Å². The lowest BCUT2D eigenvalue weighted by Gasteiger charge is -2.44. The third-order valence-corrected chi connectivity index (χ3v) is 4.67. The van der Waals surface area contributed by atoms with Gasteiger partial charge in [0.2, 0.25) is 0 Å². The third-order valence-electron chi connectivity index (χ3n) is 4.34. The molecule has 2 aromatic carbocycles. The second-order valence-corrected chi connectivity index (χ2v) is 6.26. The minimum Gasteiger partial charge on any atom is -0.496 e. The van der Waals surface area contributed by atoms with E-state index in [-0.39, 0.29) is 5.41 Å². The molecule has 3 heteroatoms. The molecule has 0 atom stereocenters. The van der Waals surface area contributed by atoms with E-state index in [4.69, 9.17) is 16.3 Å². The average molecular weight is 302 g/mol. The first-order chi connectivity index (χ1) is 10.1. The minimum atomic E-state index is 0.0689. The smallest absolute Gasteiger partial charge is 0.122 e. The van der Waals surface area contributed by atoms with E-state index in [0.29, 0.717) is 0 Å². The van der Waals surface area contributed by atoms with Gasteiger partial charge in [0.1, 0.15) is 5.75 Å². The Morgan fingerprint density at radius 3 is 2.57 bits per heavy atom. The van der Waals surface area contributed by atoms with Gasteiger partial charge in [0.25, 0.3) is 0 Å². The highest BCUT2D eigenvalue weighted by Crippen LogP contribution is 2.38. The summed E-state index contributed by atoms with van der Waals surface area (Å²) in [6.45, 7) is 4.02. The third kappa shape index (κ3) is 2.66. The van der Waals surface area contributed by atoms with Crippen molar-refractivity contribution in [1.29, 1.82) is 0 Å². The van der Waals surface area contributed by atoms with E-state index in [0.717, 1.165) is 30.3 Å². The van der Waals surface area contributed by atoms with Crippen LogP contribution in [0, 0.1) is 6.92 Å². The van der Waals surface area contributed by atoms with E-state index >= 15 is 0 Å². The molecular weight excluding hydrogens is 282 g/mol. The SMILES string of the molecule is COc1ccc(C)cc1CC1(c2ccccc2Cl)CNC1. The number of rotatable bonds is 4. The van der Waals surface area contributed by atoms with Gasteiger partial charge >= 0.3 is 0 Å². The molecule has 0 bridgehead atoms. The molecule has 2 nitrogen and oxygen atoms in total. The highest BCUT2D eigenvalue weighted by Gasteiger charge is 2.40. The second kappa shape index (κ2) is 5.70. The first-order valence-corrected chi connectivity index (χ1v) is 7.62. The van der Waals surface area contributed by atoms with Crippen LogP contribution in [0.15, 0.2) is 42.5 Å². The molecule has 2 aromatic rings. The Kier molecular flexibility index (Phi) is 3.92. The number of ether oxygens (including phenoxy) is 1. The molecule has 1 saturated heterocycles. The normalized spacial score (nSPS) is 16.3. The van der Waals surface area contributed by atoms with E-state index in [1.165, 1.54) is 16.7 Å². The van der Waals surface area contributed by atoms with Gasteiger partial charge in [-0.3, -0.25) is 0 Å². The number of methoxy groups -OCH3 is 1. The summed E-state index contributed by atoms with van der Waals surface area (Å²) in [5.74, 6) is 0.957. The Morgan fingerprint density at radius 2 is 1.95 bits per heavy atom. The quantitative estimate of drug-likeness (QED) is 0.929. The molecular formula is C18H20ClNO. The average Bonchev–Trinajstić information content (AvgIpc) is 2.44. The number of aryl methyl sites for hydroxylation is 1. The molecule has 0 unspecified atom stereocenters. The zero-order chi connectivity index (χ0) is 14.9. The molecule has 0 spiro atoms. The zero-order valence-electron chi connectivity index (χ0n) is 12.4. The lowest BCUT2D eigenvalue weighted by Crippen LogP contribution is -2.58. The summed E-state index contributed by atoms with van der Waals surface area (Å²) < 4.78 is 5.53. The monoisotopic (exact) mass is 301 g/mol. The fraction of sp³-hybridized carbons (Fsp3) is 0.333. The van der Waals surface area contributed by atoms with Gasteiger partial charge in [0.15, 0.2) is 0 Å². The van der Waals surface area contributed by atoms with Crippen molar-refractivity contribution in [3.8, 4) is 5.75 Å². The van der Waals surface area contributed by atoms with Gasteiger partial charge in [0.05, 0.1) is 7.11 Å². The number of halogens is 1. The lowest BCUT2D eigenvalue weighted by atomic mass is 9.70. The number of benzene rings is 2. The van der Waals surface area contributed by atoms with Crippen molar-refractivity contribution < 1.29 is 4.74 Å².